The fraction of sp³-hybridized carbons (Fsp3) is 0.500. The Hall–Kier alpha value is -1.55. The third-order valence-electron chi connectivity index (χ3n) is 3.01. The van der Waals surface area contributed by atoms with Crippen molar-refractivity contribution in [1.82, 2.24) is 15.1 Å². The summed E-state index contributed by atoms with van der Waals surface area (Å²) < 4.78 is 7.82. The third kappa shape index (κ3) is 2.64. The van der Waals surface area contributed by atoms with Crippen molar-refractivity contribution in [3.05, 3.63) is 29.8 Å². The van der Waals surface area contributed by atoms with E-state index >= 15 is 0 Å². The first-order valence-corrected chi connectivity index (χ1v) is 6.46. The summed E-state index contributed by atoms with van der Waals surface area (Å²) in [4.78, 5) is 0. The van der Waals surface area contributed by atoms with E-state index in [1.54, 1.807) is 0 Å². The Bertz CT molecular complexity index is 511. The number of aryl methyl sites for hydroxylation is 1. The van der Waals surface area contributed by atoms with Crippen LogP contribution in [-0.2, 0) is 13.1 Å². The molecule has 0 atom stereocenters. The van der Waals surface area contributed by atoms with Crippen molar-refractivity contribution in [2.75, 3.05) is 0 Å². The molecule has 0 unspecified atom stereocenters. The van der Waals surface area contributed by atoms with E-state index in [1.807, 2.05) is 23.0 Å². The van der Waals surface area contributed by atoms with E-state index < -0.39 is 0 Å². The van der Waals surface area contributed by atoms with Crippen molar-refractivity contribution >= 4 is 0 Å². The van der Waals surface area contributed by atoms with E-state index in [1.165, 1.54) is 0 Å². The zero-order valence-electron chi connectivity index (χ0n) is 11.5. The van der Waals surface area contributed by atoms with Gasteiger partial charge in [0.25, 0.3) is 0 Å². The molecule has 0 aromatic carbocycles. The molecule has 2 aromatic rings. The summed E-state index contributed by atoms with van der Waals surface area (Å²) in [6.45, 7) is 10.1. The van der Waals surface area contributed by atoms with E-state index in [9.17, 15) is 0 Å². The molecule has 0 aliphatic carbocycles. The number of rotatable bonds is 5. The molecule has 0 aliphatic heterocycles. The summed E-state index contributed by atoms with van der Waals surface area (Å²) in [5, 5.41) is 7.68. The Morgan fingerprint density at radius 2 is 2.17 bits per heavy atom. The SMILES string of the molecule is CCn1ncc(-c2ccc(CNC(C)C)o2)c1C. The Labute approximate surface area is 108 Å². The number of furan rings is 1. The minimum atomic E-state index is 0.461. The van der Waals surface area contributed by atoms with Crippen molar-refractivity contribution in [3.8, 4) is 11.3 Å². The maximum absolute atomic E-state index is 5.84. The molecule has 98 valence electrons. The normalized spacial score (nSPS) is 11.4. The van der Waals surface area contributed by atoms with E-state index in [0.29, 0.717) is 6.04 Å². The van der Waals surface area contributed by atoms with Crippen molar-refractivity contribution in [2.24, 2.45) is 0 Å². The van der Waals surface area contributed by atoms with Gasteiger partial charge in [0.05, 0.1) is 18.3 Å². The molecule has 4 nitrogen and oxygen atoms in total. The van der Waals surface area contributed by atoms with Crippen molar-refractivity contribution < 1.29 is 4.42 Å². The number of nitrogens with zero attached hydrogens (tertiary/aromatic N) is 2. The van der Waals surface area contributed by atoms with Gasteiger partial charge in [0.15, 0.2) is 0 Å². The van der Waals surface area contributed by atoms with Crippen LogP contribution in [0.5, 0.6) is 0 Å². The van der Waals surface area contributed by atoms with Gasteiger partial charge >= 0.3 is 0 Å². The molecule has 0 amide bonds. The van der Waals surface area contributed by atoms with Gasteiger partial charge in [-0.3, -0.25) is 4.68 Å². The molecule has 0 radical (unpaired) electrons. The summed E-state index contributed by atoms with van der Waals surface area (Å²) in [5.41, 5.74) is 2.22. The molecule has 0 bridgehead atoms. The Balaban J connectivity index is 2.16. The molecule has 0 saturated carbocycles. The number of nitrogens with one attached hydrogen (secondary N) is 1. The fourth-order valence-electron chi connectivity index (χ4n) is 1.93. The van der Waals surface area contributed by atoms with Gasteiger partial charge < -0.3 is 9.73 Å². The molecule has 0 spiro atoms. The second-order valence-corrected chi connectivity index (χ2v) is 4.76. The molecule has 0 saturated heterocycles. The summed E-state index contributed by atoms with van der Waals surface area (Å²) in [6, 6.07) is 4.50. The van der Waals surface area contributed by atoms with Gasteiger partial charge in [0.1, 0.15) is 11.5 Å². The highest BCUT2D eigenvalue weighted by atomic mass is 16.3. The van der Waals surface area contributed by atoms with Crippen molar-refractivity contribution in [2.45, 2.75) is 46.8 Å². The number of hydrogen-bond donors (Lipinski definition) is 1. The zero-order valence-corrected chi connectivity index (χ0v) is 11.5. The maximum Gasteiger partial charge on any atom is 0.137 e. The second-order valence-electron chi connectivity index (χ2n) is 4.76. The molecular formula is C14H21N3O. The van der Waals surface area contributed by atoms with Crippen LogP contribution in [0.2, 0.25) is 0 Å². The highest BCUT2D eigenvalue weighted by molar-refractivity contribution is 5.59. The average molecular weight is 247 g/mol. The smallest absolute Gasteiger partial charge is 0.137 e. The minimum absolute atomic E-state index is 0.461. The maximum atomic E-state index is 5.84. The van der Waals surface area contributed by atoms with Gasteiger partial charge in [-0.15, -0.1) is 0 Å². The van der Waals surface area contributed by atoms with Crippen LogP contribution < -0.4 is 5.32 Å². The van der Waals surface area contributed by atoms with Gasteiger partial charge in [0.2, 0.25) is 0 Å². The van der Waals surface area contributed by atoms with E-state index in [-0.39, 0.29) is 0 Å². The molecular weight excluding hydrogens is 226 g/mol. The van der Waals surface area contributed by atoms with Gasteiger partial charge in [-0.05, 0) is 26.0 Å². The standard InChI is InChI=1S/C14H21N3O/c1-5-17-11(4)13(9-16-17)14-7-6-12(18-14)8-15-10(2)3/h6-7,9-10,15H,5,8H2,1-4H3. The van der Waals surface area contributed by atoms with Crippen LogP contribution in [0.1, 0.15) is 32.2 Å². The second kappa shape index (κ2) is 5.40. The third-order valence-corrected chi connectivity index (χ3v) is 3.01. The summed E-state index contributed by atoms with van der Waals surface area (Å²) in [6.07, 6.45) is 1.87. The monoisotopic (exact) mass is 247 g/mol. The first-order valence-electron chi connectivity index (χ1n) is 6.46. The lowest BCUT2D eigenvalue weighted by molar-refractivity contribution is 0.473. The topological polar surface area (TPSA) is 43.0 Å². The predicted octanol–water partition coefficient (Wildman–Crippen LogP) is 2.97. The molecule has 1 N–H and O–H groups in total. The lowest BCUT2D eigenvalue weighted by atomic mass is 10.2. The highest BCUT2D eigenvalue weighted by Gasteiger charge is 2.11. The van der Waals surface area contributed by atoms with Crippen LogP contribution in [0.3, 0.4) is 0 Å². The summed E-state index contributed by atoms with van der Waals surface area (Å²) in [7, 11) is 0. The highest BCUT2D eigenvalue weighted by Crippen LogP contribution is 2.25. The van der Waals surface area contributed by atoms with Crippen LogP contribution in [0, 0.1) is 6.92 Å². The number of hydrogen-bond acceptors (Lipinski definition) is 3. The Kier molecular flexibility index (Phi) is 3.87. The Morgan fingerprint density at radius 1 is 1.39 bits per heavy atom. The number of aromatic nitrogens is 2. The lowest BCUT2D eigenvalue weighted by Gasteiger charge is -2.05. The van der Waals surface area contributed by atoms with Crippen LogP contribution in [-0.4, -0.2) is 15.8 Å². The summed E-state index contributed by atoms with van der Waals surface area (Å²) >= 11 is 0. The van der Waals surface area contributed by atoms with E-state index in [4.69, 9.17) is 4.42 Å². The van der Waals surface area contributed by atoms with Crippen LogP contribution in [0.25, 0.3) is 11.3 Å². The van der Waals surface area contributed by atoms with Crippen molar-refractivity contribution in [1.29, 1.82) is 0 Å². The molecule has 18 heavy (non-hydrogen) atoms. The minimum Gasteiger partial charge on any atom is -0.460 e. The Morgan fingerprint density at radius 3 is 2.78 bits per heavy atom. The van der Waals surface area contributed by atoms with Crippen LogP contribution in [0.15, 0.2) is 22.7 Å². The van der Waals surface area contributed by atoms with Gasteiger partial charge in [-0.25, -0.2) is 0 Å². The molecule has 2 heterocycles. The zero-order chi connectivity index (χ0) is 13.1. The first kappa shape index (κ1) is 12.9. The summed E-state index contributed by atoms with van der Waals surface area (Å²) in [5.74, 6) is 1.86. The molecule has 0 fully saturated rings. The first-order chi connectivity index (χ1) is 8.61. The van der Waals surface area contributed by atoms with Gasteiger partial charge in [-0.1, -0.05) is 13.8 Å². The molecule has 0 aliphatic rings. The van der Waals surface area contributed by atoms with E-state index in [0.717, 1.165) is 35.9 Å². The molecule has 4 heteroatoms. The largest absolute Gasteiger partial charge is 0.460 e. The van der Waals surface area contributed by atoms with Crippen LogP contribution in [0.4, 0.5) is 0 Å². The lowest BCUT2D eigenvalue weighted by Crippen LogP contribution is -2.21. The van der Waals surface area contributed by atoms with Gasteiger partial charge in [0, 0.05) is 18.3 Å². The quantitative estimate of drug-likeness (QED) is 0.883. The van der Waals surface area contributed by atoms with E-state index in [2.05, 4.69) is 38.1 Å². The molecule has 2 aromatic heterocycles. The predicted molar refractivity (Wildman–Crippen MR) is 72.3 cm³/mol. The fourth-order valence-corrected chi connectivity index (χ4v) is 1.93. The van der Waals surface area contributed by atoms with Gasteiger partial charge in [-0.2, -0.15) is 5.10 Å². The molecule has 2 rings (SSSR count). The van der Waals surface area contributed by atoms with Crippen molar-refractivity contribution in [3.63, 3.8) is 0 Å². The van der Waals surface area contributed by atoms with Crippen LogP contribution >= 0.6 is 0 Å². The average Bonchev–Trinajstić information content (AvgIpc) is 2.92.